The predicted molar refractivity (Wildman–Crippen MR) is 78.2 cm³/mol. The van der Waals surface area contributed by atoms with Crippen LogP contribution in [0.1, 0.15) is 10.4 Å². The van der Waals surface area contributed by atoms with Gasteiger partial charge in [0.25, 0.3) is 0 Å². The van der Waals surface area contributed by atoms with Gasteiger partial charge in [-0.15, -0.1) is 0 Å². The van der Waals surface area contributed by atoms with E-state index in [0.29, 0.717) is 0 Å². The van der Waals surface area contributed by atoms with Crippen LogP contribution in [0.25, 0.3) is 0 Å². The number of aromatic carboxylic acids is 1. The Balaban J connectivity index is 3.07. The maximum atomic E-state index is 11.8. The molecular weight excluding hydrogens is 374 g/mol. The molecule has 10 heteroatoms. The molecule has 0 unspecified atom stereocenters. The topological polar surface area (TPSA) is 118 Å². The maximum Gasteiger partial charge on any atom is 0.337 e. The van der Waals surface area contributed by atoms with Gasteiger partial charge >= 0.3 is 5.97 Å². The first kappa shape index (κ1) is 16.9. The first-order valence-corrected chi connectivity index (χ1v) is 9.72. The number of sulfonamides is 1. The summed E-state index contributed by atoms with van der Waals surface area (Å²) in [4.78, 5) is 11.0. The molecule has 0 bridgehead atoms. The Kier molecular flexibility index (Phi) is 5.16. The second-order valence-corrected chi connectivity index (χ2v) is 8.97. The molecule has 0 aliphatic carbocycles. The van der Waals surface area contributed by atoms with Crippen LogP contribution in [-0.2, 0) is 19.9 Å². The zero-order valence-corrected chi connectivity index (χ0v) is 13.5. The van der Waals surface area contributed by atoms with Crippen molar-refractivity contribution in [1.82, 2.24) is 0 Å². The number of benzene rings is 1. The van der Waals surface area contributed by atoms with Gasteiger partial charge in [-0.05, 0) is 28.1 Å². The van der Waals surface area contributed by atoms with Crippen LogP contribution in [0.3, 0.4) is 0 Å². The molecule has 0 amide bonds. The summed E-state index contributed by atoms with van der Waals surface area (Å²) >= 11 is 3.05. The lowest BCUT2D eigenvalue weighted by atomic mass is 10.2. The van der Waals surface area contributed by atoms with Gasteiger partial charge < -0.3 is 5.11 Å². The average molecular weight is 386 g/mol. The number of carbonyl (C=O) groups is 1. The zero-order valence-electron chi connectivity index (χ0n) is 10.3. The Hall–Kier alpha value is -1.13. The van der Waals surface area contributed by atoms with Gasteiger partial charge in [-0.1, -0.05) is 6.07 Å². The summed E-state index contributed by atoms with van der Waals surface area (Å²) in [5.74, 6) is -2.49. The molecule has 0 atom stereocenters. The minimum absolute atomic E-state index is 0.131. The number of carboxylic acid groups (broad SMARTS) is 1. The fourth-order valence-corrected chi connectivity index (χ4v) is 4.59. The van der Waals surface area contributed by atoms with Gasteiger partial charge in [0, 0.05) is 10.7 Å². The highest BCUT2D eigenvalue weighted by molar-refractivity contribution is 9.10. The van der Waals surface area contributed by atoms with Crippen LogP contribution in [0.5, 0.6) is 0 Å². The van der Waals surface area contributed by atoms with Gasteiger partial charge in [0.1, 0.15) is 9.84 Å². The van der Waals surface area contributed by atoms with Gasteiger partial charge in [-0.2, -0.15) is 0 Å². The Bertz CT molecular complexity index is 726. The number of carboxylic acids is 1. The van der Waals surface area contributed by atoms with Crippen LogP contribution < -0.4 is 4.72 Å². The molecule has 0 heterocycles. The van der Waals surface area contributed by atoms with E-state index in [1.807, 2.05) is 0 Å². The molecule has 1 aromatic carbocycles. The van der Waals surface area contributed by atoms with Crippen molar-refractivity contribution in [3.63, 3.8) is 0 Å². The normalized spacial score (nSPS) is 12.1. The summed E-state index contributed by atoms with van der Waals surface area (Å²) in [7, 11) is -7.40. The summed E-state index contributed by atoms with van der Waals surface area (Å²) in [6.07, 6.45) is 0.920. The second kappa shape index (κ2) is 6.10. The monoisotopic (exact) mass is 385 g/mol. The molecule has 0 spiro atoms. The summed E-state index contributed by atoms with van der Waals surface area (Å²) in [6, 6.07) is 4.16. The second-order valence-electron chi connectivity index (χ2n) is 4.02. The van der Waals surface area contributed by atoms with Crippen molar-refractivity contribution in [3.05, 3.63) is 28.2 Å². The van der Waals surface area contributed by atoms with E-state index >= 15 is 0 Å². The Morgan fingerprint density at radius 2 is 1.85 bits per heavy atom. The molecule has 0 saturated heterocycles. The highest BCUT2D eigenvalue weighted by Gasteiger charge is 2.20. The number of sulfone groups is 1. The number of halogens is 1. The molecule has 7 nitrogen and oxygen atoms in total. The summed E-state index contributed by atoms with van der Waals surface area (Å²) < 4.78 is 47.9. The lowest BCUT2D eigenvalue weighted by Crippen LogP contribution is -2.23. The quantitative estimate of drug-likeness (QED) is 0.751. The fraction of sp³-hybridized carbons (Fsp3) is 0.300. The van der Waals surface area contributed by atoms with Crippen molar-refractivity contribution >= 4 is 47.4 Å². The smallest absolute Gasteiger partial charge is 0.337 e. The van der Waals surface area contributed by atoms with E-state index in [1.54, 1.807) is 0 Å². The van der Waals surface area contributed by atoms with E-state index in [9.17, 15) is 21.6 Å². The number of rotatable bonds is 6. The van der Waals surface area contributed by atoms with Crippen molar-refractivity contribution < 1.29 is 26.7 Å². The third-order valence-corrected chi connectivity index (χ3v) is 5.35. The molecule has 0 aromatic heterocycles. The minimum Gasteiger partial charge on any atom is -0.478 e. The molecule has 0 radical (unpaired) electrons. The zero-order chi connectivity index (χ0) is 15.6. The summed E-state index contributed by atoms with van der Waals surface area (Å²) in [6.45, 7) is 0. The molecule has 0 saturated carbocycles. The molecule has 1 aromatic rings. The summed E-state index contributed by atoms with van der Waals surface area (Å²) in [5.41, 5.74) is -0.365. The summed E-state index contributed by atoms with van der Waals surface area (Å²) in [5, 5.41) is 8.99. The predicted octanol–water partition coefficient (Wildman–Crippen LogP) is 0.934. The van der Waals surface area contributed by atoms with Crippen molar-refractivity contribution in [2.45, 2.75) is 0 Å². The third-order valence-electron chi connectivity index (χ3n) is 2.22. The van der Waals surface area contributed by atoms with Gasteiger partial charge in [0.05, 0.1) is 22.8 Å². The Morgan fingerprint density at radius 3 is 2.35 bits per heavy atom. The fourth-order valence-electron chi connectivity index (χ4n) is 1.27. The van der Waals surface area contributed by atoms with Crippen molar-refractivity contribution in [2.24, 2.45) is 0 Å². The van der Waals surface area contributed by atoms with E-state index < -0.39 is 37.3 Å². The SMILES string of the molecule is CS(=O)(=O)CCS(=O)(=O)Nc1c(Br)cccc1C(=O)O. The van der Waals surface area contributed by atoms with Crippen LogP contribution in [0.2, 0.25) is 0 Å². The van der Waals surface area contributed by atoms with Crippen LogP contribution >= 0.6 is 15.9 Å². The Morgan fingerprint density at radius 1 is 1.25 bits per heavy atom. The van der Waals surface area contributed by atoms with E-state index in [1.165, 1.54) is 18.2 Å². The number of nitrogens with one attached hydrogen (secondary N) is 1. The molecule has 0 aliphatic heterocycles. The van der Waals surface area contributed by atoms with E-state index in [0.717, 1.165) is 6.26 Å². The number of anilines is 1. The maximum absolute atomic E-state index is 11.8. The lowest BCUT2D eigenvalue weighted by molar-refractivity contribution is 0.0698. The first-order valence-electron chi connectivity index (χ1n) is 5.22. The standard InChI is InChI=1S/C10H12BrNO6S2/c1-19(15,16)5-6-20(17,18)12-9-7(10(13)14)3-2-4-8(9)11/h2-4,12H,5-6H2,1H3,(H,13,14). The largest absolute Gasteiger partial charge is 0.478 e. The van der Waals surface area contributed by atoms with Gasteiger partial charge in [-0.3, -0.25) is 4.72 Å². The van der Waals surface area contributed by atoms with Crippen LogP contribution in [0.15, 0.2) is 22.7 Å². The van der Waals surface area contributed by atoms with Gasteiger partial charge in [-0.25, -0.2) is 21.6 Å². The van der Waals surface area contributed by atoms with Crippen molar-refractivity contribution in [2.75, 3.05) is 22.5 Å². The molecule has 0 fully saturated rings. The number of hydrogen-bond acceptors (Lipinski definition) is 5. The van der Waals surface area contributed by atoms with Gasteiger partial charge in [0.15, 0.2) is 0 Å². The first-order chi connectivity index (χ1) is 9.02. The van der Waals surface area contributed by atoms with E-state index in [-0.39, 0.29) is 15.7 Å². The minimum atomic E-state index is -3.97. The third kappa shape index (κ3) is 5.10. The van der Waals surface area contributed by atoms with E-state index in [4.69, 9.17) is 5.11 Å². The average Bonchev–Trinajstić information content (AvgIpc) is 2.28. The number of para-hydroxylation sites is 1. The molecular formula is C10H12BrNO6S2. The van der Waals surface area contributed by atoms with Crippen LogP contribution in [0, 0.1) is 0 Å². The number of hydrogen-bond donors (Lipinski definition) is 2. The highest BCUT2D eigenvalue weighted by Crippen LogP contribution is 2.27. The van der Waals surface area contributed by atoms with Gasteiger partial charge in [0.2, 0.25) is 10.0 Å². The van der Waals surface area contributed by atoms with Crippen molar-refractivity contribution in [3.8, 4) is 0 Å². The molecule has 20 heavy (non-hydrogen) atoms. The van der Waals surface area contributed by atoms with E-state index in [2.05, 4.69) is 20.7 Å². The molecule has 2 N–H and O–H groups in total. The Labute approximate surface area is 125 Å². The molecule has 1 rings (SSSR count). The van der Waals surface area contributed by atoms with Crippen LogP contribution in [0.4, 0.5) is 5.69 Å². The van der Waals surface area contributed by atoms with Crippen molar-refractivity contribution in [1.29, 1.82) is 0 Å². The molecule has 112 valence electrons. The molecule has 0 aliphatic rings. The lowest BCUT2D eigenvalue weighted by Gasteiger charge is -2.12. The van der Waals surface area contributed by atoms with Crippen LogP contribution in [-0.4, -0.2) is 45.7 Å². The highest BCUT2D eigenvalue weighted by atomic mass is 79.9.